The maximum Gasteiger partial charge on any atom is 0.263 e. The number of carbonyl (C=O) groups excluding carboxylic acids is 1. The van der Waals surface area contributed by atoms with E-state index in [1.54, 1.807) is 38.5 Å². The number of rotatable bonds is 8. The summed E-state index contributed by atoms with van der Waals surface area (Å²) in [7, 11) is 3.33. The average Bonchev–Trinajstić information content (AvgIpc) is 3.38. The van der Waals surface area contributed by atoms with Crippen molar-refractivity contribution in [3.63, 3.8) is 0 Å². The lowest BCUT2D eigenvalue weighted by molar-refractivity contribution is 0.0828. The number of amides is 1. The van der Waals surface area contributed by atoms with Gasteiger partial charge < -0.3 is 25.2 Å². The summed E-state index contributed by atoms with van der Waals surface area (Å²) in [4.78, 5) is 27.4. The van der Waals surface area contributed by atoms with Crippen LogP contribution >= 0.6 is 11.6 Å². The molecular weight excluding hydrogens is 506 g/mol. The minimum absolute atomic E-state index is 0.176. The van der Waals surface area contributed by atoms with Crippen LogP contribution in [-0.2, 0) is 5.41 Å². The van der Waals surface area contributed by atoms with Crippen molar-refractivity contribution in [2.24, 2.45) is 0 Å². The molecule has 0 aliphatic heterocycles. The average molecular weight is 536 g/mol. The maximum absolute atomic E-state index is 12.3. The molecule has 0 fully saturated rings. The number of hydrogen-bond donors (Lipinski definition) is 3. The zero-order valence-corrected chi connectivity index (χ0v) is 22.6. The third-order valence-electron chi connectivity index (χ3n) is 5.67. The third kappa shape index (κ3) is 6.09. The Bertz CT molecular complexity index is 1420. The van der Waals surface area contributed by atoms with E-state index in [1.165, 1.54) is 4.90 Å². The van der Waals surface area contributed by atoms with E-state index in [2.05, 4.69) is 30.7 Å². The summed E-state index contributed by atoms with van der Waals surface area (Å²) >= 11 is 6.37. The summed E-state index contributed by atoms with van der Waals surface area (Å²) in [6.45, 7) is 5.79. The summed E-state index contributed by atoms with van der Waals surface area (Å²) in [5.41, 5.74) is 2.04. The Labute approximate surface area is 226 Å². The van der Waals surface area contributed by atoms with Gasteiger partial charge in [-0.1, -0.05) is 67.9 Å². The Kier molecular flexibility index (Phi) is 7.94. The highest BCUT2D eigenvalue weighted by atomic mass is 35.5. The summed E-state index contributed by atoms with van der Waals surface area (Å²) in [6, 6.07) is 14.1. The SMILES string of the molecule is CN(C)C(=O)c1ccc(Nc2ncc(-c3nc(C(C)(C)C)no3)c(N[C@H](CO)c3ccccc3)n2)cc1Cl. The zero-order chi connectivity index (χ0) is 27.4. The van der Waals surface area contributed by atoms with Crippen LogP contribution < -0.4 is 10.6 Å². The number of nitrogens with one attached hydrogen (secondary N) is 2. The molecule has 0 spiro atoms. The summed E-state index contributed by atoms with van der Waals surface area (Å²) in [6.07, 6.45) is 1.57. The maximum atomic E-state index is 12.3. The van der Waals surface area contributed by atoms with E-state index in [-0.39, 0.29) is 29.8 Å². The van der Waals surface area contributed by atoms with Gasteiger partial charge in [0, 0.05) is 31.4 Å². The standard InChI is InChI=1S/C27H30ClN7O3/c1-27(2,3)25-33-23(38-34-25)19-14-29-26(30-17-11-12-18(20(28)13-17)24(37)35(4)5)32-22(19)31-21(15-36)16-9-7-6-8-10-16/h6-14,21,36H,15H2,1-5H3,(H2,29,30,31,32)/t21-/m1/s1. The molecule has 10 nitrogen and oxygen atoms in total. The van der Waals surface area contributed by atoms with Crippen LogP contribution in [0.15, 0.2) is 59.3 Å². The van der Waals surface area contributed by atoms with Crippen molar-refractivity contribution in [2.45, 2.75) is 32.2 Å². The third-order valence-corrected chi connectivity index (χ3v) is 5.99. The smallest absolute Gasteiger partial charge is 0.263 e. The molecule has 0 aliphatic carbocycles. The van der Waals surface area contributed by atoms with Crippen molar-refractivity contribution in [3.8, 4) is 11.5 Å². The van der Waals surface area contributed by atoms with Crippen LogP contribution in [0.2, 0.25) is 5.02 Å². The molecule has 3 N–H and O–H groups in total. The molecule has 0 unspecified atom stereocenters. The van der Waals surface area contributed by atoms with E-state index < -0.39 is 6.04 Å². The van der Waals surface area contributed by atoms with Gasteiger partial charge in [-0.15, -0.1) is 0 Å². The Morgan fingerprint density at radius 3 is 2.47 bits per heavy atom. The molecule has 1 atom stereocenters. The van der Waals surface area contributed by atoms with Gasteiger partial charge in [-0.2, -0.15) is 9.97 Å². The number of aliphatic hydroxyl groups is 1. The lowest BCUT2D eigenvalue weighted by Gasteiger charge is -2.19. The Morgan fingerprint density at radius 2 is 1.87 bits per heavy atom. The summed E-state index contributed by atoms with van der Waals surface area (Å²) in [5, 5.41) is 21.0. The second-order valence-corrected chi connectivity index (χ2v) is 10.3. The first-order valence-corrected chi connectivity index (χ1v) is 12.4. The molecule has 2 heterocycles. The van der Waals surface area contributed by atoms with Gasteiger partial charge in [0.15, 0.2) is 5.82 Å². The molecule has 1 amide bonds. The number of anilines is 3. The van der Waals surface area contributed by atoms with Crippen LogP contribution in [0.25, 0.3) is 11.5 Å². The predicted octanol–water partition coefficient (Wildman–Crippen LogP) is 5.07. The fraction of sp³-hybridized carbons (Fsp3) is 0.296. The number of aromatic nitrogens is 4. The molecule has 38 heavy (non-hydrogen) atoms. The lowest BCUT2D eigenvalue weighted by Crippen LogP contribution is -2.22. The van der Waals surface area contributed by atoms with E-state index in [9.17, 15) is 9.90 Å². The first kappa shape index (κ1) is 27.0. The molecule has 0 bridgehead atoms. The summed E-state index contributed by atoms with van der Waals surface area (Å²) < 4.78 is 5.55. The lowest BCUT2D eigenvalue weighted by atomic mass is 9.96. The zero-order valence-electron chi connectivity index (χ0n) is 21.9. The number of benzene rings is 2. The van der Waals surface area contributed by atoms with Crippen molar-refractivity contribution in [1.82, 2.24) is 25.0 Å². The van der Waals surface area contributed by atoms with E-state index in [0.29, 0.717) is 33.5 Å². The van der Waals surface area contributed by atoms with Crippen molar-refractivity contribution >= 4 is 35.0 Å². The highest BCUT2D eigenvalue weighted by molar-refractivity contribution is 6.34. The highest BCUT2D eigenvalue weighted by Gasteiger charge is 2.24. The number of nitrogens with zero attached hydrogens (tertiary/aromatic N) is 5. The largest absolute Gasteiger partial charge is 0.394 e. The molecule has 4 aromatic rings. The van der Waals surface area contributed by atoms with Crippen molar-refractivity contribution in [1.29, 1.82) is 0 Å². The van der Waals surface area contributed by atoms with Gasteiger partial charge in [0.2, 0.25) is 5.95 Å². The van der Waals surface area contributed by atoms with Crippen LogP contribution in [0.1, 0.15) is 48.6 Å². The first-order valence-electron chi connectivity index (χ1n) is 12.0. The Balaban J connectivity index is 1.70. The van der Waals surface area contributed by atoms with Gasteiger partial charge in [-0.05, 0) is 23.8 Å². The molecule has 2 aromatic heterocycles. The number of carbonyl (C=O) groups is 1. The van der Waals surface area contributed by atoms with E-state index in [4.69, 9.17) is 16.1 Å². The minimum atomic E-state index is -0.450. The molecule has 0 saturated carbocycles. The molecule has 4 rings (SSSR count). The monoisotopic (exact) mass is 535 g/mol. The van der Waals surface area contributed by atoms with Gasteiger partial charge in [0.25, 0.3) is 11.8 Å². The number of halogens is 1. The first-order chi connectivity index (χ1) is 18.1. The molecule has 0 aliphatic rings. The quantitative estimate of drug-likeness (QED) is 0.283. The topological polar surface area (TPSA) is 129 Å². The van der Waals surface area contributed by atoms with Gasteiger partial charge in [0.1, 0.15) is 11.4 Å². The summed E-state index contributed by atoms with van der Waals surface area (Å²) in [5.74, 6) is 1.26. The Hall–Kier alpha value is -4.02. The van der Waals surface area contributed by atoms with E-state index in [0.717, 1.165) is 5.56 Å². The van der Waals surface area contributed by atoms with Crippen LogP contribution in [0.3, 0.4) is 0 Å². The van der Waals surface area contributed by atoms with Gasteiger partial charge in [-0.25, -0.2) is 4.98 Å². The van der Waals surface area contributed by atoms with E-state index in [1.807, 2.05) is 51.1 Å². The number of hydrogen-bond acceptors (Lipinski definition) is 9. The number of aliphatic hydroxyl groups excluding tert-OH is 1. The second kappa shape index (κ2) is 11.2. The highest BCUT2D eigenvalue weighted by Crippen LogP contribution is 2.31. The van der Waals surface area contributed by atoms with Crippen LogP contribution in [0.4, 0.5) is 17.5 Å². The molecule has 198 valence electrons. The van der Waals surface area contributed by atoms with Crippen LogP contribution in [0, 0.1) is 0 Å². The normalized spacial score (nSPS) is 12.2. The molecule has 11 heteroatoms. The van der Waals surface area contributed by atoms with E-state index >= 15 is 0 Å². The van der Waals surface area contributed by atoms with Gasteiger partial charge in [-0.3, -0.25) is 4.79 Å². The predicted molar refractivity (Wildman–Crippen MR) is 147 cm³/mol. The molecule has 2 aromatic carbocycles. The minimum Gasteiger partial charge on any atom is -0.394 e. The van der Waals surface area contributed by atoms with Crippen LogP contribution in [-0.4, -0.2) is 56.7 Å². The molecule has 0 radical (unpaired) electrons. The van der Waals surface area contributed by atoms with Crippen molar-refractivity contribution in [3.05, 3.63) is 76.7 Å². The fourth-order valence-electron chi connectivity index (χ4n) is 3.57. The molecule has 0 saturated heterocycles. The van der Waals surface area contributed by atoms with Gasteiger partial charge in [0.05, 0.1) is 23.2 Å². The molecular formula is C27H30ClN7O3. The van der Waals surface area contributed by atoms with Crippen molar-refractivity contribution < 1.29 is 14.4 Å². The van der Waals surface area contributed by atoms with Gasteiger partial charge >= 0.3 is 0 Å². The fourth-order valence-corrected chi connectivity index (χ4v) is 3.83. The Morgan fingerprint density at radius 1 is 1.13 bits per heavy atom. The van der Waals surface area contributed by atoms with Crippen LogP contribution in [0.5, 0.6) is 0 Å². The second-order valence-electron chi connectivity index (χ2n) is 9.94. The van der Waals surface area contributed by atoms with Crippen molar-refractivity contribution in [2.75, 3.05) is 31.3 Å².